The normalized spacial score (nSPS) is 10.9. The number of ether oxygens (including phenoxy) is 1. The molecule has 0 saturated carbocycles. The Balaban J connectivity index is 1.50. The van der Waals surface area contributed by atoms with Crippen LogP contribution in [0.3, 0.4) is 0 Å². The highest BCUT2D eigenvalue weighted by Gasteiger charge is 2.18. The van der Waals surface area contributed by atoms with Gasteiger partial charge in [0.15, 0.2) is 5.65 Å². The molecule has 1 aromatic carbocycles. The minimum absolute atomic E-state index is 0.226. The Morgan fingerprint density at radius 2 is 1.93 bits per heavy atom. The minimum atomic E-state index is -0.226. The number of rotatable bonds is 5. The molecule has 146 valence electrons. The average Bonchev–Trinajstić information content (AvgIpc) is 3.01. The van der Waals surface area contributed by atoms with Gasteiger partial charge in [-0.25, -0.2) is 9.97 Å². The number of carbonyl (C=O) groups is 1. The highest BCUT2D eigenvalue weighted by molar-refractivity contribution is 6.12. The Kier molecular flexibility index (Phi) is 4.95. The molecule has 0 aliphatic heterocycles. The van der Waals surface area contributed by atoms with Gasteiger partial charge in [0, 0.05) is 18.8 Å². The van der Waals surface area contributed by atoms with Gasteiger partial charge in [-0.05, 0) is 31.5 Å². The van der Waals surface area contributed by atoms with Crippen molar-refractivity contribution >= 4 is 22.6 Å². The first-order chi connectivity index (χ1) is 14.0. The fourth-order valence-corrected chi connectivity index (χ4v) is 3.22. The van der Waals surface area contributed by atoms with Crippen molar-refractivity contribution in [3.63, 3.8) is 0 Å². The summed E-state index contributed by atoms with van der Waals surface area (Å²) in [7, 11) is 1.82. The molecule has 0 unspecified atom stereocenters. The Bertz CT molecular complexity index is 1170. The molecular weight excluding hydrogens is 366 g/mol. The summed E-state index contributed by atoms with van der Waals surface area (Å²) in [6.45, 7) is 4.17. The standard InChI is InChI=1S/C22H21N5O2/c1-14-11-18(20-15(2)26-27(3)21(20)24-14)22(28)25-17-9-10-19(23-12-17)29-13-16-7-5-4-6-8-16/h4-12H,13H2,1-3H3,(H,25,28). The van der Waals surface area contributed by atoms with Gasteiger partial charge in [-0.2, -0.15) is 5.10 Å². The quantitative estimate of drug-likeness (QED) is 0.563. The summed E-state index contributed by atoms with van der Waals surface area (Å²) in [4.78, 5) is 21.7. The first-order valence-corrected chi connectivity index (χ1v) is 9.26. The van der Waals surface area contributed by atoms with E-state index < -0.39 is 0 Å². The lowest BCUT2D eigenvalue weighted by atomic mass is 10.1. The summed E-state index contributed by atoms with van der Waals surface area (Å²) < 4.78 is 7.37. The summed E-state index contributed by atoms with van der Waals surface area (Å²) in [6, 6.07) is 15.2. The molecule has 4 aromatic rings. The van der Waals surface area contributed by atoms with Crippen molar-refractivity contribution in [3.8, 4) is 5.88 Å². The molecule has 1 amide bonds. The largest absolute Gasteiger partial charge is 0.473 e. The van der Waals surface area contributed by atoms with Gasteiger partial charge in [0.05, 0.1) is 28.5 Å². The van der Waals surface area contributed by atoms with Crippen LogP contribution in [0.2, 0.25) is 0 Å². The number of nitrogens with zero attached hydrogens (tertiary/aromatic N) is 4. The van der Waals surface area contributed by atoms with Crippen LogP contribution in [0.25, 0.3) is 11.0 Å². The molecule has 4 rings (SSSR count). The average molecular weight is 387 g/mol. The van der Waals surface area contributed by atoms with Crippen LogP contribution in [0.5, 0.6) is 5.88 Å². The first-order valence-electron chi connectivity index (χ1n) is 9.26. The van der Waals surface area contributed by atoms with Gasteiger partial charge in [0.25, 0.3) is 5.91 Å². The Morgan fingerprint density at radius 3 is 2.66 bits per heavy atom. The molecule has 0 fully saturated rings. The number of pyridine rings is 2. The van der Waals surface area contributed by atoms with Crippen LogP contribution in [-0.4, -0.2) is 25.7 Å². The predicted octanol–water partition coefficient (Wildman–Crippen LogP) is 3.81. The second kappa shape index (κ2) is 7.71. The molecule has 0 saturated heterocycles. The molecule has 7 heteroatoms. The number of aryl methyl sites for hydroxylation is 3. The molecule has 0 radical (unpaired) electrons. The van der Waals surface area contributed by atoms with E-state index in [1.807, 2.05) is 51.2 Å². The maximum atomic E-state index is 12.9. The van der Waals surface area contributed by atoms with E-state index in [0.29, 0.717) is 29.4 Å². The molecule has 1 N–H and O–H groups in total. The third-order valence-corrected chi connectivity index (χ3v) is 4.57. The van der Waals surface area contributed by atoms with E-state index in [2.05, 4.69) is 20.4 Å². The topological polar surface area (TPSA) is 81.9 Å². The number of nitrogens with one attached hydrogen (secondary N) is 1. The fourth-order valence-electron chi connectivity index (χ4n) is 3.22. The van der Waals surface area contributed by atoms with Crippen LogP contribution in [0.4, 0.5) is 5.69 Å². The number of aromatic nitrogens is 4. The molecule has 3 aromatic heterocycles. The molecule has 0 bridgehead atoms. The van der Waals surface area contributed by atoms with E-state index in [4.69, 9.17) is 4.74 Å². The molecule has 0 aliphatic carbocycles. The summed E-state index contributed by atoms with van der Waals surface area (Å²) in [5.74, 6) is 0.272. The lowest BCUT2D eigenvalue weighted by Gasteiger charge is -2.09. The summed E-state index contributed by atoms with van der Waals surface area (Å²) in [5, 5.41) is 8.03. The smallest absolute Gasteiger partial charge is 0.256 e. The maximum absolute atomic E-state index is 12.9. The van der Waals surface area contributed by atoms with E-state index >= 15 is 0 Å². The number of hydrogen-bond donors (Lipinski definition) is 1. The summed E-state index contributed by atoms with van der Waals surface area (Å²) in [5.41, 5.74) is 4.41. The second-order valence-electron chi connectivity index (χ2n) is 6.83. The molecule has 0 atom stereocenters. The van der Waals surface area contributed by atoms with Crippen LogP contribution >= 0.6 is 0 Å². The van der Waals surface area contributed by atoms with E-state index in [1.54, 1.807) is 29.1 Å². The summed E-state index contributed by atoms with van der Waals surface area (Å²) in [6.07, 6.45) is 1.58. The van der Waals surface area contributed by atoms with Gasteiger partial charge in [-0.1, -0.05) is 30.3 Å². The lowest BCUT2D eigenvalue weighted by molar-refractivity contribution is 0.102. The van der Waals surface area contributed by atoms with Crippen LogP contribution < -0.4 is 10.1 Å². The molecule has 0 spiro atoms. The van der Waals surface area contributed by atoms with Gasteiger partial charge in [0.2, 0.25) is 5.88 Å². The molecule has 3 heterocycles. The van der Waals surface area contributed by atoms with Crippen molar-refractivity contribution in [1.29, 1.82) is 0 Å². The molecular formula is C22H21N5O2. The molecule has 0 aliphatic rings. The van der Waals surface area contributed by atoms with E-state index in [-0.39, 0.29) is 5.91 Å². The van der Waals surface area contributed by atoms with E-state index in [1.165, 1.54) is 0 Å². The van der Waals surface area contributed by atoms with Crippen molar-refractivity contribution in [3.05, 3.63) is 77.2 Å². The van der Waals surface area contributed by atoms with Gasteiger partial charge < -0.3 is 10.1 Å². The van der Waals surface area contributed by atoms with Crippen molar-refractivity contribution in [2.75, 3.05) is 5.32 Å². The zero-order valence-corrected chi connectivity index (χ0v) is 16.5. The monoisotopic (exact) mass is 387 g/mol. The van der Waals surface area contributed by atoms with Crippen LogP contribution in [0, 0.1) is 13.8 Å². The van der Waals surface area contributed by atoms with E-state index in [9.17, 15) is 4.79 Å². The summed E-state index contributed by atoms with van der Waals surface area (Å²) >= 11 is 0. The van der Waals surface area contributed by atoms with Crippen molar-refractivity contribution in [1.82, 2.24) is 19.7 Å². The van der Waals surface area contributed by atoms with Crippen molar-refractivity contribution in [2.24, 2.45) is 7.05 Å². The zero-order chi connectivity index (χ0) is 20.4. The highest BCUT2D eigenvalue weighted by Crippen LogP contribution is 2.23. The minimum Gasteiger partial charge on any atom is -0.473 e. The molecule has 7 nitrogen and oxygen atoms in total. The lowest BCUT2D eigenvalue weighted by Crippen LogP contribution is -2.13. The third-order valence-electron chi connectivity index (χ3n) is 4.57. The number of hydrogen-bond acceptors (Lipinski definition) is 5. The van der Waals surface area contributed by atoms with Crippen LogP contribution in [0.1, 0.15) is 27.3 Å². The Labute approximate surface area is 168 Å². The van der Waals surface area contributed by atoms with Gasteiger partial charge in [-0.15, -0.1) is 0 Å². The number of amides is 1. The fraction of sp³-hybridized carbons (Fsp3) is 0.182. The number of fused-ring (bicyclic) bond motifs is 1. The van der Waals surface area contributed by atoms with Crippen LogP contribution in [-0.2, 0) is 13.7 Å². The third kappa shape index (κ3) is 3.94. The van der Waals surface area contributed by atoms with Gasteiger partial charge >= 0.3 is 0 Å². The van der Waals surface area contributed by atoms with E-state index in [0.717, 1.165) is 22.3 Å². The van der Waals surface area contributed by atoms with Crippen molar-refractivity contribution < 1.29 is 9.53 Å². The first kappa shape index (κ1) is 18.6. The zero-order valence-electron chi connectivity index (χ0n) is 16.5. The Hall–Kier alpha value is -3.74. The van der Waals surface area contributed by atoms with Crippen molar-refractivity contribution in [2.45, 2.75) is 20.5 Å². The Morgan fingerprint density at radius 1 is 1.14 bits per heavy atom. The predicted molar refractivity (Wildman–Crippen MR) is 111 cm³/mol. The number of benzene rings is 1. The maximum Gasteiger partial charge on any atom is 0.256 e. The van der Waals surface area contributed by atoms with Gasteiger partial charge in [0.1, 0.15) is 6.61 Å². The number of carbonyl (C=O) groups excluding carboxylic acids is 1. The van der Waals surface area contributed by atoms with Gasteiger partial charge in [-0.3, -0.25) is 9.48 Å². The number of anilines is 1. The van der Waals surface area contributed by atoms with Crippen LogP contribution in [0.15, 0.2) is 54.7 Å². The SMILES string of the molecule is Cc1cc(C(=O)Nc2ccc(OCc3ccccc3)nc2)c2c(C)nn(C)c2n1. The highest BCUT2D eigenvalue weighted by atomic mass is 16.5. The molecule has 29 heavy (non-hydrogen) atoms. The second-order valence-corrected chi connectivity index (χ2v) is 6.83.